The van der Waals surface area contributed by atoms with Crippen LogP contribution in [0.25, 0.3) is 0 Å². The number of hydrogen-bond acceptors (Lipinski definition) is 4. The molecule has 4 nitrogen and oxygen atoms in total. The number of fused-ring (bicyclic) bond motifs is 1. The van der Waals surface area contributed by atoms with Gasteiger partial charge >= 0.3 is 0 Å². The molecule has 1 atom stereocenters. The van der Waals surface area contributed by atoms with Crippen LogP contribution in [0.3, 0.4) is 0 Å². The lowest BCUT2D eigenvalue weighted by molar-refractivity contribution is 0.243. The van der Waals surface area contributed by atoms with Crippen molar-refractivity contribution in [2.75, 3.05) is 37.7 Å². The number of aryl methyl sites for hydroxylation is 2. The summed E-state index contributed by atoms with van der Waals surface area (Å²) in [7, 11) is -3.42. The molecule has 1 aromatic rings. The Labute approximate surface area is 162 Å². The van der Waals surface area contributed by atoms with Crippen LogP contribution in [-0.4, -0.2) is 61.3 Å². The largest absolute Gasteiger partial charge is 0.302 e. The predicted molar refractivity (Wildman–Crippen MR) is 108 cm³/mol. The smallest absolute Gasteiger partial charge is 0.243 e. The van der Waals surface area contributed by atoms with Gasteiger partial charge in [0.2, 0.25) is 10.0 Å². The zero-order chi connectivity index (χ0) is 18.0. The van der Waals surface area contributed by atoms with Gasteiger partial charge in [0.05, 0.1) is 4.90 Å². The van der Waals surface area contributed by atoms with Gasteiger partial charge in [-0.3, -0.25) is 0 Å². The van der Waals surface area contributed by atoms with Crippen molar-refractivity contribution in [3.05, 3.63) is 29.3 Å². The maximum atomic E-state index is 13.5. The van der Waals surface area contributed by atoms with E-state index in [2.05, 4.69) is 11.0 Å². The lowest BCUT2D eigenvalue weighted by Gasteiger charge is -2.32. The predicted octanol–water partition coefficient (Wildman–Crippen LogP) is 3.16. The molecular formula is C20H30N2O2S2. The molecule has 0 N–H and O–H groups in total. The van der Waals surface area contributed by atoms with Crippen molar-refractivity contribution in [1.29, 1.82) is 0 Å². The van der Waals surface area contributed by atoms with Gasteiger partial charge in [-0.15, -0.1) is 0 Å². The van der Waals surface area contributed by atoms with Crippen LogP contribution >= 0.6 is 11.8 Å². The van der Waals surface area contributed by atoms with Gasteiger partial charge in [-0.25, -0.2) is 8.42 Å². The van der Waals surface area contributed by atoms with Crippen LogP contribution in [0, 0.1) is 0 Å². The molecule has 1 unspecified atom stereocenters. The van der Waals surface area contributed by atoms with Crippen LogP contribution < -0.4 is 0 Å². The highest BCUT2D eigenvalue weighted by Gasteiger charge is 2.34. The Morgan fingerprint density at radius 2 is 1.73 bits per heavy atom. The van der Waals surface area contributed by atoms with Crippen LogP contribution in [0.4, 0.5) is 0 Å². The Morgan fingerprint density at radius 1 is 0.962 bits per heavy atom. The Morgan fingerprint density at radius 3 is 2.54 bits per heavy atom. The number of thioether (sulfide) groups is 1. The average Bonchev–Trinajstić information content (AvgIpc) is 3.05. The van der Waals surface area contributed by atoms with Crippen LogP contribution in [0.15, 0.2) is 23.1 Å². The van der Waals surface area contributed by atoms with Crippen molar-refractivity contribution in [3.63, 3.8) is 0 Å². The zero-order valence-corrected chi connectivity index (χ0v) is 17.2. The Balaban J connectivity index is 1.60. The second-order valence-electron chi connectivity index (χ2n) is 7.84. The first-order valence-corrected chi connectivity index (χ1v) is 12.7. The van der Waals surface area contributed by atoms with Crippen LogP contribution in [0.2, 0.25) is 0 Å². The molecule has 3 aliphatic rings. The molecule has 0 bridgehead atoms. The zero-order valence-electron chi connectivity index (χ0n) is 15.5. The summed E-state index contributed by atoms with van der Waals surface area (Å²) in [5.41, 5.74) is 2.59. The maximum Gasteiger partial charge on any atom is 0.243 e. The van der Waals surface area contributed by atoms with Gasteiger partial charge in [0.25, 0.3) is 0 Å². The molecule has 26 heavy (non-hydrogen) atoms. The molecule has 0 aromatic heterocycles. The summed E-state index contributed by atoms with van der Waals surface area (Å²) in [5, 5.41) is 0. The summed E-state index contributed by atoms with van der Waals surface area (Å²) in [6.07, 6.45) is 7.95. The van der Waals surface area contributed by atoms with E-state index in [1.807, 2.05) is 28.2 Å². The van der Waals surface area contributed by atoms with E-state index in [0.29, 0.717) is 11.4 Å². The van der Waals surface area contributed by atoms with Crippen molar-refractivity contribution in [3.8, 4) is 0 Å². The van der Waals surface area contributed by atoms with Gasteiger partial charge in [0.1, 0.15) is 0 Å². The van der Waals surface area contributed by atoms with Crippen molar-refractivity contribution in [1.82, 2.24) is 9.21 Å². The average molecular weight is 395 g/mol. The van der Waals surface area contributed by atoms with E-state index in [1.165, 1.54) is 36.8 Å². The lowest BCUT2D eigenvalue weighted by atomic mass is 9.92. The minimum absolute atomic E-state index is 0.0987. The monoisotopic (exact) mass is 394 g/mol. The fraction of sp³-hybridized carbons (Fsp3) is 0.700. The number of hydrogen-bond donors (Lipinski definition) is 0. The van der Waals surface area contributed by atoms with Gasteiger partial charge in [-0.2, -0.15) is 16.1 Å². The first kappa shape index (κ1) is 18.8. The Hall–Kier alpha value is -0.560. The summed E-state index contributed by atoms with van der Waals surface area (Å²) >= 11 is 1.91. The minimum Gasteiger partial charge on any atom is -0.302 e. The lowest BCUT2D eigenvalue weighted by Crippen LogP contribution is -2.47. The molecule has 2 fully saturated rings. The van der Waals surface area contributed by atoms with E-state index in [9.17, 15) is 8.42 Å². The molecule has 2 aliphatic heterocycles. The van der Waals surface area contributed by atoms with Crippen LogP contribution in [0.1, 0.15) is 43.2 Å². The molecule has 1 aliphatic carbocycles. The molecule has 0 saturated carbocycles. The number of likely N-dealkylation sites (tertiary alicyclic amines) is 1. The number of benzene rings is 1. The SMILES string of the molecule is O=S(=O)(c1ccc2c(c1)CCCC2)N1CCCSCC1CN1CCCC1. The molecule has 0 spiro atoms. The maximum absolute atomic E-state index is 13.5. The molecule has 1 aromatic carbocycles. The Bertz CT molecular complexity index is 729. The molecular weight excluding hydrogens is 364 g/mol. The Kier molecular flexibility index (Phi) is 5.93. The molecule has 0 amide bonds. The van der Waals surface area contributed by atoms with Crippen molar-refractivity contribution >= 4 is 21.8 Å². The van der Waals surface area contributed by atoms with E-state index in [4.69, 9.17) is 0 Å². The molecule has 4 rings (SSSR count). The summed E-state index contributed by atoms with van der Waals surface area (Å²) in [5.74, 6) is 1.98. The highest BCUT2D eigenvalue weighted by atomic mass is 32.2. The fourth-order valence-electron chi connectivity index (χ4n) is 4.54. The third-order valence-corrected chi connectivity index (χ3v) is 9.12. The van der Waals surface area contributed by atoms with Crippen LogP contribution in [0.5, 0.6) is 0 Å². The molecule has 2 heterocycles. The van der Waals surface area contributed by atoms with E-state index in [-0.39, 0.29) is 6.04 Å². The summed E-state index contributed by atoms with van der Waals surface area (Å²) in [4.78, 5) is 2.96. The summed E-state index contributed by atoms with van der Waals surface area (Å²) < 4.78 is 28.8. The van der Waals surface area contributed by atoms with E-state index in [1.54, 1.807) is 0 Å². The highest BCUT2D eigenvalue weighted by molar-refractivity contribution is 7.99. The molecule has 6 heteroatoms. The highest BCUT2D eigenvalue weighted by Crippen LogP contribution is 2.29. The van der Waals surface area contributed by atoms with Gasteiger partial charge in [-0.05, 0) is 87.0 Å². The number of sulfonamides is 1. The second kappa shape index (κ2) is 8.21. The standard InChI is InChI=1S/C20H30N2O2S2/c23-26(24,20-9-8-17-6-1-2-7-18(17)14-20)22-12-5-13-25-16-19(22)15-21-10-3-4-11-21/h8-9,14,19H,1-7,10-13,15-16H2. The van der Waals surface area contributed by atoms with E-state index in [0.717, 1.165) is 50.4 Å². The first-order valence-electron chi connectivity index (χ1n) is 10.1. The quantitative estimate of drug-likeness (QED) is 0.787. The topological polar surface area (TPSA) is 40.6 Å². The van der Waals surface area contributed by atoms with Crippen molar-refractivity contribution < 1.29 is 8.42 Å². The summed E-state index contributed by atoms with van der Waals surface area (Å²) in [6.45, 7) is 3.78. The van der Waals surface area contributed by atoms with Gasteiger partial charge < -0.3 is 4.90 Å². The third kappa shape index (κ3) is 3.98. The molecule has 0 radical (unpaired) electrons. The number of nitrogens with zero attached hydrogens (tertiary/aromatic N) is 2. The van der Waals surface area contributed by atoms with E-state index >= 15 is 0 Å². The summed E-state index contributed by atoms with van der Waals surface area (Å²) in [6, 6.07) is 5.98. The number of rotatable bonds is 4. The van der Waals surface area contributed by atoms with E-state index < -0.39 is 10.0 Å². The van der Waals surface area contributed by atoms with Gasteiger partial charge in [0, 0.05) is 24.9 Å². The fourth-order valence-corrected chi connectivity index (χ4v) is 7.39. The van der Waals surface area contributed by atoms with Crippen molar-refractivity contribution in [2.45, 2.75) is 55.9 Å². The molecule has 144 valence electrons. The second-order valence-corrected chi connectivity index (χ2v) is 10.9. The third-order valence-electron chi connectivity index (χ3n) is 5.98. The van der Waals surface area contributed by atoms with Gasteiger partial charge in [-0.1, -0.05) is 6.07 Å². The molecule has 2 saturated heterocycles. The van der Waals surface area contributed by atoms with Gasteiger partial charge in [0.15, 0.2) is 0 Å². The van der Waals surface area contributed by atoms with Crippen LogP contribution in [-0.2, 0) is 22.9 Å². The van der Waals surface area contributed by atoms with Crippen molar-refractivity contribution in [2.24, 2.45) is 0 Å². The first-order chi connectivity index (χ1) is 12.6. The normalized spacial score (nSPS) is 25.8. The minimum atomic E-state index is -3.42.